The number of carbonyl (C=O) groups excluding carboxylic acids is 1. The van der Waals surface area contributed by atoms with Crippen LogP contribution in [-0.4, -0.2) is 42.0 Å². The van der Waals surface area contributed by atoms with Gasteiger partial charge in [0.2, 0.25) is 5.91 Å². The van der Waals surface area contributed by atoms with Gasteiger partial charge in [0.25, 0.3) is 0 Å². The molecule has 2 heterocycles. The maximum atomic E-state index is 12.8. The van der Waals surface area contributed by atoms with Gasteiger partial charge in [0, 0.05) is 32.1 Å². The van der Waals surface area contributed by atoms with Crippen LogP contribution in [0, 0.1) is 11.8 Å². The number of aromatic amines is 1. The van der Waals surface area contributed by atoms with Crippen molar-refractivity contribution in [3.63, 3.8) is 0 Å². The normalized spacial score (nSPS) is 20.4. The second-order valence-electron chi connectivity index (χ2n) is 7.31. The number of para-hydroxylation sites is 1. The summed E-state index contributed by atoms with van der Waals surface area (Å²) in [7, 11) is 0. The number of fused-ring (bicyclic) bond motifs is 1. The standard InChI is InChI=1S/C19H25N3O3/c1-13(14-5-2-3-6-14)18(23)22-11-9-21(10-12-22)16-8-4-7-15-17(16)25-19(24)20-15/h4,7-8,13-14H,2-3,5-6,9-12H2,1H3,(H,20,24). The van der Waals surface area contributed by atoms with E-state index in [2.05, 4.69) is 16.8 Å². The lowest BCUT2D eigenvalue weighted by molar-refractivity contribution is -0.137. The highest BCUT2D eigenvalue weighted by atomic mass is 16.4. The Bertz CT molecular complexity index is 811. The molecule has 0 radical (unpaired) electrons. The van der Waals surface area contributed by atoms with Gasteiger partial charge in [0.1, 0.15) is 0 Å². The third-order valence-electron chi connectivity index (χ3n) is 5.85. The van der Waals surface area contributed by atoms with Crippen LogP contribution >= 0.6 is 0 Å². The molecule has 134 valence electrons. The number of aromatic nitrogens is 1. The zero-order valence-electron chi connectivity index (χ0n) is 14.7. The van der Waals surface area contributed by atoms with Crippen molar-refractivity contribution in [2.45, 2.75) is 32.6 Å². The molecule has 1 N–H and O–H groups in total. The molecule has 0 bridgehead atoms. The number of nitrogens with zero attached hydrogens (tertiary/aromatic N) is 2. The van der Waals surface area contributed by atoms with E-state index >= 15 is 0 Å². The molecule has 1 aromatic heterocycles. The molecule has 1 saturated heterocycles. The summed E-state index contributed by atoms with van der Waals surface area (Å²) in [6, 6.07) is 5.73. The van der Waals surface area contributed by atoms with E-state index in [9.17, 15) is 9.59 Å². The molecule has 1 atom stereocenters. The van der Waals surface area contributed by atoms with Crippen molar-refractivity contribution in [1.29, 1.82) is 0 Å². The largest absolute Gasteiger partial charge is 0.417 e. The summed E-state index contributed by atoms with van der Waals surface area (Å²) in [6.45, 7) is 5.07. The summed E-state index contributed by atoms with van der Waals surface area (Å²) in [5, 5.41) is 0. The number of amides is 1. The smallest absolute Gasteiger partial charge is 0.406 e. The van der Waals surface area contributed by atoms with Crippen LogP contribution in [0.5, 0.6) is 0 Å². The van der Waals surface area contributed by atoms with Crippen LogP contribution in [-0.2, 0) is 4.79 Å². The lowest BCUT2D eigenvalue weighted by Crippen LogP contribution is -2.50. The number of rotatable bonds is 3. The highest BCUT2D eigenvalue weighted by molar-refractivity contribution is 5.86. The van der Waals surface area contributed by atoms with Gasteiger partial charge in [-0.25, -0.2) is 4.79 Å². The lowest BCUT2D eigenvalue weighted by atomic mass is 9.91. The molecule has 0 spiro atoms. The number of H-pyrrole nitrogens is 1. The van der Waals surface area contributed by atoms with E-state index in [1.165, 1.54) is 25.7 Å². The number of oxazole rings is 1. The molecule has 2 aliphatic rings. The zero-order valence-corrected chi connectivity index (χ0v) is 14.7. The van der Waals surface area contributed by atoms with E-state index in [1.807, 2.05) is 23.1 Å². The highest BCUT2D eigenvalue weighted by Crippen LogP contribution is 2.32. The Morgan fingerprint density at radius 2 is 1.92 bits per heavy atom. The van der Waals surface area contributed by atoms with Crippen LogP contribution in [0.25, 0.3) is 11.1 Å². The van der Waals surface area contributed by atoms with Gasteiger partial charge in [-0.1, -0.05) is 25.8 Å². The van der Waals surface area contributed by atoms with Crippen molar-refractivity contribution < 1.29 is 9.21 Å². The topological polar surface area (TPSA) is 69.6 Å². The summed E-state index contributed by atoms with van der Waals surface area (Å²) in [5.41, 5.74) is 2.24. The molecule has 1 saturated carbocycles. The first kappa shape index (κ1) is 16.2. The van der Waals surface area contributed by atoms with E-state index in [4.69, 9.17) is 4.42 Å². The highest BCUT2D eigenvalue weighted by Gasteiger charge is 2.31. The Morgan fingerprint density at radius 3 is 2.64 bits per heavy atom. The van der Waals surface area contributed by atoms with Crippen molar-refractivity contribution in [2.75, 3.05) is 31.1 Å². The Labute approximate surface area is 146 Å². The minimum absolute atomic E-state index is 0.139. The predicted molar refractivity (Wildman–Crippen MR) is 96.7 cm³/mol. The second-order valence-corrected chi connectivity index (χ2v) is 7.31. The average Bonchev–Trinajstić information content (AvgIpc) is 3.29. The lowest BCUT2D eigenvalue weighted by Gasteiger charge is -2.37. The molecule has 1 aromatic carbocycles. The van der Waals surface area contributed by atoms with E-state index in [0.29, 0.717) is 17.4 Å². The number of piperazine rings is 1. The quantitative estimate of drug-likeness (QED) is 0.930. The number of anilines is 1. The predicted octanol–water partition coefficient (Wildman–Crippen LogP) is 2.60. The minimum Gasteiger partial charge on any atom is -0.406 e. The summed E-state index contributed by atoms with van der Waals surface area (Å²) in [5.74, 6) is 0.577. The van der Waals surface area contributed by atoms with E-state index in [0.717, 1.165) is 37.4 Å². The van der Waals surface area contributed by atoms with E-state index < -0.39 is 5.76 Å². The summed E-state index contributed by atoms with van der Waals surface area (Å²) in [4.78, 5) is 31.2. The molecular weight excluding hydrogens is 318 g/mol. The molecular formula is C19H25N3O3. The first-order chi connectivity index (χ1) is 12.1. The molecule has 6 nitrogen and oxygen atoms in total. The van der Waals surface area contributed by atoms with Crippen LogP contribution < -0.4 is 10.7 Å². The summed E-state index contributed by atoms with van der Waals surface area (Å²) >= 11 is 0. The van der Waals surface area contributed by atoms with Crippen LogP contribution in [0.4, 0.5) is 5.69 Å². The van der Waals surface area contributed by atoms with Crippen molar-refractivity contribution in [3.8, 4) is 0 Å². The first-order valence-electron chi connectivity index (χ1n) is 9.29. The number of benzene rings is 1. The van der Waals surface area contributed by atoms with Crippen LogP contribution in [0.15, 0.2) is 27.4 Å². The Kier molecular flexibility index (Phi) is 4.27. The van der Waals surface area contributed by atoms with Gasteiger partial charge in [0.05, 0.1) is 11.2 Å². The third-order valence-corrected chi connectivity index (χ3v) is 5.85. The van der Waals surface area contributed by atoms with Crippen LogP contribution in [0.1, 0.15) is 32.6 Å². The van der Waals surface area contributed by atoms with Gasteiger partial charge in [-0.3, -0.25) is 9.78 Å². The monoisotopic (exact) mass is 343 g/mol. The van der Waals surface area contributed by atoms with Crippen molar-refractivity contribution in [2.24, 2.45) is 11.8 Å². The van der Waals surface area contributed by atoms with Crippen molar-refractivity contribution in [3.05, 3.63) is 28.7 Å². The maximum Gasteiger partial charge on any atom is 0.417 e. The Hall–Kier alpha value is -2.24. The number of carbonyl (C=O) groups is 1. The first-order valence-corrected chi connectivity index (χ1v) is 9.29. The molecule has 6 heteroatoms. The van der Waals surface area contributed by atoms with Crippen LogP contribution in [0.3, 0.4) is 0 Å². The molecule has 4 rings (SSSR count). The SMILES string of the molecule is CC(C(=O)N1CCN(c2cccc3[nH]c(=O)oc23)CC1)C1CCCC1. The molecule has 25 heavy (non-hydrogen) atoms. The number of nitrogens with one attached hydrogen (secondary N) is 1. The number of hydrogen-bond donors (Lipinski definition) is 1. The fourth-order valence-electron chi connectivity index (χ4n) is 4.32. The van der Waals surface area contributed by atoms with Crippen molar-refractivity contribution >= 4 is 22.7 Å². The van der Waals surface area contributed by atoms with Gasteiger partial charge < -0.3 is 14.2 Å². The number of hydrogen-bond acceptors (Lipinski definition) is 4. The molecule has 1 unspecified atom stereocenters. The molecule has 1 amide bonds. The fourth-order valence-corrected chi connectivity index (χ4v) is 4.32. The van der Waals surface area contributed by atoms with E-state index in [1.54, 1.807) is 0 Å². The van der Waals surface area contributed by atoms with Crippen molar-refractivity contribution in [1.82, 2.24) is 9.88 Å². The Morgan fingerprint density at radius 1 is 1.20 bits per heavy atom. The van der Waals surface area contributed by atoms with Crippen LogP contribution in [0.2, 0.25) is 0 Å². The summed E-state index contributed by atoms with van der Waals surface area (Å²) in [6.07, 6.45) is 4.92. The molecule has 1 aliphatic carbocycles. The van der Waals surface area contributed by atoms with Gasteiger partial charge in [-0.2, -0.15) is 0 Å². The van der Waals surface area contributed by atoms with Gasteiger partial charge in [-0.05, 0) is 30.9 Å². The summed E-state index contributed by atoms with van der Waals surface area (Å²) < 4.78 is 5.30. The Balaban J connectivity index is 1.44. The zero-order chi connectivity index (χ0) is 17.4. The molecule has 2 fully saturated rings. The average molecular weight is 343 g/mol. The molecule has 1 aliphatic heterocycles. The fraction of sp³-hybridized carbons (Fsp3) is 0.579. The molecule has 2 aromatic rings. The second kappa shape index (κ2) is 6.58. The van der Waals surface area contributed by atoms with Gasteiger partial charge >= 0.3 is 5.76 Å². The maximum absolute atomic E-state index is 12.8. The minimum atomic E-state index is -0.429. The van der Waals surface area contributed by atoms with Gasteiger partial charge in [-0.15, -0.1) is 0 Å². The van der Waals surface area contributed by atoms with E-state index in [-0.39, 0.29) is 5.92 Å². The van der Waals surface area contributed by atoms with Gasteiger partial charge in [0.15, 0.2) is 5.58 Å². The third kappa shape index (κ3) is 3.05.